The van der Waals surface area contributed by atoms with Gasteiger partial charge in [-0.1, -0.05) is 46.3 Å². The molecule has 0 aliphatic rings. The first-order valence-corrected chi connectivity index (χ1v) is 14.4. The van der Waals surface area contributed by atoms with E-state index in [1.54, 1.807) is 0 Å². The zero-order valence-electron chi connectivity index (χ0n) is 16.9. The first kappa shape index (κ1) is 23.3. The van der Waals surface area contributed by atoms with Gasteiger partial charge >= 0.3 is 8.80 Å². The maximum absolute atomic E-state index is 5.85. The van der Waals surface area contributed by atoms with Crippen molar-refractivity contribution in [3.05, 3.63) is 0 Å². The third-order valence-electron chi connectivity index (χ3n) is 4.87. The largest absolute Gasteiger partial charge is 0.515 e. The smallest absolute Gasteiger partial charge is 0.373 e. The number of rotatable bonds is 13. The minimum absolute atomic E-state index is 0.487. The van der Waals surface area contributed by atoms with Crippen LogP contribution < -0.4 is 5.32 Å². The first-order valence-electron chi connectivity index (χ1n) is 9.26. The number of hydrogen-bond donors (Lipinski definition) is 1. The van der Waals surface area contributed by atoms with Crippen LogP contribution >= 0.6 is 0 Å². The van der Waals surface area contributed by atoms with Crippen molar-refractivity contribution < 1.29 is 13.3 Å². The van der Waals surface area contributed by atoms with E-state index < -0.39 is 16.9 Å². The molecule has 0 aromatic heterocycles. The Morgan fingerprint density at radius 2 is 1.30 bits per heavy atom. The van der Waals surface area contributed by atoms with Crippen molar-refractivity contribution in [2.75, 3.05) is 32.5 Å². The van der Waals surface area contributed by atoms with Crippen molar-refractivity contribution in [2.24, 2.45) is 0 Å². The molecule has 0 spiro atoms. The summed E-state index contributed by atoms with van der Waals surface area (Å²) in [6, 6.07) is 1.39. The SMILES string of the molecule is CCO[Si](CNCCCC[Si](C)(C)C(C)(C)C)(OCC)OCC. The van der Waals surface area contributed by atoms with Crippen LogP contribution in [-0.2, 0) is 13.3 Å². The van der Waals surface area contributed by atoms with Gasteiger partial charge < -0.3 is 18.6 Å². The molecule has 23 heavy (non-hydrogen) atoms. The molecule has 0 atom stereocenters. The number of nitrogens with one attached hydrogen (secondary N) is 1. The summed E-state index contributed by atoms with van der Waals surface area (Å²) in [5.41, 5.74) is 0. The van der Waals surface area contributed by atoms with Crippen LogP contribution in [0, 0.1) is 0 Å². The lowest BCUT2D eigenvalue weighted by Crippen LogP contribution is -2.54. The summed E-state index contributed by atoms with van der Waals surface area (Å²) in [4.78, 5) is 0. The molecular weight excluding hydrogens is 322 g/mol. The van der Waals surface area contributed by atoms with E-state index in [4.69, 9.17) is 13.3 Å². The van der Waals surface area contributed by atoms with E-state index in [1.165, 1.54) is 18.9 Å². The fourth-order valence-electron chi connectivity index (χ4n) is 2.37. The minimum Gasteiger partial charge on any atom is -0.373 e. The van der Waals surface area contributed by atoms with Gasteiger partial charge in [-0.25, -0.2) is 0 Å². The zero-order chi connectivity index (χ0) is 18.0. The number of unbranched alkanes of at least 4 members (excludes halogenated alkanes) is 1. The lowest BCUT2D eigenvalue weighted by Gasteiger charge is -2.37. The van der Waals surface area contributed by atoms with Gasteiger partial charge in [-0.05, 0) is 38.8 Å². The fourth-order valence-corrected chi connectivity index (χ4v) is 6.61. The van der Waals surface area contributed by atoms with Gasteiger partial charge in [0.25, 0.3) is 0 Å². The molecule has 0 rings (SSSR count). The standard InChI is InChI=1S/C17H41NO3Si2/c1-9-19-23(20-10-2,21-11-3)16-18-14-12-13-15-22(7,8)17(4,5)6/h18H,9-16H2,1-8H3. The Balaban J connectivity index is 4.16. The van der Waals surface area contributed by atoms with Crippen molar-refractivity contribution in [1.29, 1.82) is 0 Å². The van der Waals surface area contributed by atoms with Crippen molar-refractivity contribution in [2.45, 2.75) is 78.6 Å². The second-order valence-electron chi connectivity index (χ2n) is 7.75. The first-order chi connectivity index (χ1) is 10.6. The van der Waals surface area contributed by atoms with Crippen LogP contribution in [-0.4, -0.2) is 49.4 Å². The van der Waals surface area contributed by atoms with Gasteiger partial charge in [-0.3, -0.25) is 0 Å². The van der Waals surface area contributed by atoms with E-state index in [9.17, 15) is 0 Å². The zero-order valence-corrected chi connectivity index (χ0v) is 18.9. The van der Waals surface area contributed by atoms with Crippen LogP contribution in [0.25, 0.3) is 0 Å². The van der Waals surface area contributed by atoms with Gasteiger partial charge in [0.2, 0.25) is 0 Å². The van der Waals surface area contributed by atoms with Crippen LogP contribution in [0.1, 0.15) is 54.4 Å². The molecule has 0 aromatic carbocycles. The molecule has 0 saturated carbocycles. The summed E-state index contributed by atoms with van der Waals surface area (Å²) in [6.45, 7) is 21.1. The van der Waals surface area contributed by atoms with E-state index in [-0.39, 0.29) is 0 Å². The predicted octanol–water partition coefficient (Wildman–Crippen LogP) is 4.45. The van der Waals surface area contributed by atoms with E-state index in [0.29, 0.717) is 31.0 Å². The highest BCUT2D eigenvalue weighted by molar-refractivity contribution is 6.80. The molecule has 0 unspecified atom stereocenters. The van der Waals surface area contributed by atoms with Gasteiger partial charge in [0.15, 0.2) is 0 Å². The van der Waals surface area contributed by atoms with Crippen molar-refractivity contribution in [3.63, 3.8) is 0 Å². The van der Waals surface area contributed by atoms with Gasteiger partial charge in [0.1, 0.15) is 0 Å². The van der Waals surface area contributed by atoms with Crippen molar-refractivity contribution in [3.8, 4) is 0 Å². The Kier molecular flexibility index (Phi) is 11.1. The Morgan fingerprint density at radius 1 is 0.826 bits per heavy atom. The van der Waals surface area contributed by atoms with E-state index in [2.05, 4.69) is 39.2 Å². The third kappa shape index (κ3) is 8.79. The molecule has 0 radical (unpaired) electrons. The van der Waals surface area contributed by atoms with Gasteiger partial charge in [-0.2, -0.15) is 0 Å². The molecule has 6 heteroatoms. The Morgan fingerprint density at radius 3 is 1.70 bits per heavy atom. The van der Waals surface area contributed by atoms with Crippen molar-refractivity contribution in [1.82, 2.24) is 5.32 Å². The number of hydrogen-bond acceptors (Lipinski definition) is 4. The van der Waals surface area contributed by atoms with E-state index in [1.807, 2.05) is 20.8 Å². The molecule has 0 aliphatic heterocycles. The van der Waals surface area contributed by atoms with Crippen LogP contribution in [0.5, 0.6) is 0 Å². The van der Waals surface area contributed by atoms with Crippen LogP contribution in [0.3, 0.4) is 0 Å². The van der Waals surface area contributed by atoms with Crippen molar-refractivity contribution >= 4 is 16.9 Å². The molecule has 1 N–H and O–H groups in total. The average Bonchev–Trinajstić information content (AvgIpc) is 2.42. The van der Waals surface area contributed by atoms with E-state index in [0.717, 1.165) is 6.54 Å². The second kappa shape index (κ2) is 11.0. The monoisotopic (exact) mass is 363 g/mol. The topological polar surface area (TPSA) is 39.7 Å². The highest BCUT2D eigenvalue weighted by Gasteiger charge is 2.40. The molecule has 0 aliphatic carbocycles. The molecule has 0 saturated heterocycles. The summed E-state index contributed by atoms with van der Waals surface area (Å²) in [6.07, 6.45) is 3.22. The fraction of sp³-hybridized carbons (Fsp3) is 1.00. The highest BCUT2D eigenvalue weighted by atomic mass is 28.4. The summed E-state index contributed by atoms with van der Waals surface area (Å²) in [5, 5.41) is 4.00. The molecular formula is C17H41NO3Si2. The lowest BCUT2D eigenvalue weighted by atomic mass is 10.2. The van der Waals surface area contributed by atoms with E-state index >= 15 is 0 Å². The Labute approximate surface area is 147 Å². The minimum atomic E-state index is -2.52. The summed E-state index contributed by atoms with van der Waals surface area (Å²) in [5.74, 6) is 0. The predicted molar refractivity (Wildman–Crippen MR) is 105 cm³/mol. The normalized spacial score (nSPS) is 13.6. The maximum Gasteiger partial charge on any atom is 0.515 e. The third-order valence-corrected chi connectivity index (χ3v) is 13.4. The van der Waals surface area contributed by atoms with Crippen LogP contribution in [0.4, 0.5) is 0 Å². The Hall–Kier alpha value is 0.274. The van der Waals surface area contributed by atoms with Gasteiger partial charge in [-0.15, -0.1) is 0 Å². The summed E-state index contributed by atoms with van der Waals surface area (Å²) >= 11 is 0. The van der Waals surface area contributed by atoms with Crippen LogP contribution in [0.15, 0.2) is 0 Å². The van der Waals surface area contributed by atoms with Gasteiger partial charge in [0, 0.05) is 19.8 Å². The molecule has 0 amide bonds. The molecule has 0 fully saturated rings. The molecule has 140 valence electrons. The molecule has 4 nitrogen and oxygen atoms in total. The lowest BCUT2D eigenvalue weighted by molar-refractivity contribution is 0.0701. The second-order valence-corrected chi connectivity index (χ2v) is 16.1. The maximum atomic E-state index is 5.85. The molecule has 0 bridgehead atoms. The van der Waals surface area contributed by atoms with Crippen LogP contribution in [0.2, 0.25) is 24.2 Å². The summed E-state index contributed by atoms with van der Waals surface area (Å²) < 4.78 is 17.6. The average molecular weight is 364 g/mol. The summed E-state index contributed by atoms with van der Waals surface area (Å²) in [7, 11) is -3.66. The quantitative estimate of drug-likeness (QED) is 0.387. The molecule has 0 aromatic rings. The highest BCUT2D eigenvalue weighted by Crippen LogP contribution is 2.39. The Bertz CT molecular complexity index is 290. The van der Waals surface area contributed by atoms with Gasteiger partial charge in [0.05, 0.1) is 14.2 Å². The molecule has 0 heterocycles.